The highest BCUT2D eigenvalue weighted by atomic mass is 16.5. The van der Waals surface area contributed by atoms with Crippen molar-refractivity contribution in [3.8, 4) is 11.5 Å². The van der Waals surface area contributed by atoms with E-state index in [1.165, 1.54) is 13.8 Å². The van der Waals surface area contributed by atoms with E-state index >= 15 is 0 Å². The van der Waals surface area contributed by atoms with E-state index in [1.54, 1.807) is 25.5 Å². The molecule has 2 aromatic heterocycles. The zero-order chi connectivity index (χ0) is 16.6. The summed E-state index contributed by atoms with van der Waals surface area (Å²) in [5.74, 6) is 1.24. The van der Waals surface area contributed by atoms with Gasteiger partial charge in [-0.05, 0) is 32.0 Å². The Bertz CT molecular complexity index is 834. The molecular weight excluding hydrogens is 298 g/mol. The Labute approximate surface area is 133 Å². The Kier molecular flexibility index (Phi) is 3.87. The molecule has 6 heteroatoms. The highest BCUT2D eigenvalue weighted by Crippen LogP contribution is 2.34. The molecule has 0 unspecified atom stereocenters. The van der Waals surface area contributed by atoms with Crippen LogP contribution in [0.15, 0.2) is 34.9 Å². The van der Waals surface area contributed by atoms with Crippen molar-refractivity contribution in [1.82, 2.24) is 4.98 Å². The second-order valence-electron chi connectivity index (χ2n) is 5.94. The first-order chi connectivity index (χ1) is 10.9. The van der Waals surface area contributed by atoms with Gasteiger partial charge in [0.1, 0.15) is 24.2 Å². The summed E-state index contributed by atoms with van der Waals surface area (Å²) in [4.78, 5) is 4.44. The summed E-state index contributed by atoms with van der Waals surface area (Å²) in [5.41, 5.74) is -0.0684. The third-order valence-corrected chi connectivity index (χ3v) is 3.75. The van der Waals surface area contributed by atoms with Crippen LogP contribution >= 0.6 is 0 Å². The number of aliphatic hydroxyl groups excluding tert-OH is 1. The van der Waals surface area contributed by atoms with E-state index < -0.39 is 11.7 Å². The Hall–Kier alpha value is -2.31. The SMILES string of the molecule is COc1c2ccc(OC[C@@H](O)C(C)(C)O)cc2nc2occc12. The number of hydrogen-bond acceptors (Lipinski definition) is 6. The van der Waals surface area contributed by atoms with Gasteiger partial charge in [0.15, 0.2) is 0 Å². The highest BCUT2D eigenvalue weighted by Gasteiger charge is 2.25. The molecular formula is C17H19NO5. The van der Waals surface area contributed by atoms with Gasteiger partial charge in [-0.15, -0.1) is 0 Å². The second kappa shape index (κ2) is 5.72. The van der Waals surface area contributed by atoms with Gasteiger partial charge < -0.3 is 24.1 Å². The summed E-state index contributed by atoms with van der Waals surface area (Å²) < 4.78 is 16.4. The topological polar surface area (TPSA) is 85.0 Å². The molecule has 3 rings (SSSR count). The molecule has 122 valence electrons. The molecule has 0 saturated carbocycles. The zero-order valence-corrected chi connectivity index (χ0v) is 13.2. The van der Waals surface area contributed by atoms with Crippen LogP contribution in [0.3, 0.4) is 0 Å². The number of furan rings is 1. The normalized spacial score (nSPS) is 13.4. The van der Waals surface area contributed by atoms with Gasteiger partial charge in [0.25, 0.3) is 0 Å². The molecule has 6 nitrogen and oxygen atoms in total. The second-order valence-corrected chi connectivity index (χ2v) is 5.94. The van der Waals surface area contributed by atoms with Crippen molar-refractivity contribution in [3.63, 3.8) is 0 Å². The summed E-state index contributed by atoms with van der Waals surface area (Å²) in [7, 11) is 1.60. The van der Waals surface area contributed by atoms with Crippen LogP contribution < -0.4 is 9.47 Å². The fraction of sp³-hybridized carbons (Fsp3) is 0.353. The fourth-order valence-corrected chi connectivity index (χ4v) is 2.30. The lowest BCUT2D eigenvalue weighted by Crippen LogP contribution is -2.40. The summed E-state index contributed by atoms with van der Waals surface area (Å²) in [6, 6.07) is 7.18. The van der Waals surface area contributed by atoms with E-state index in [0.717, 1.165) is 10.8 Å². The molecule has 23 heavy (non-hydrogen) atoms. The summed E-state index contributed by atoms with van der Waals surface area (Å²) >= 11 is 0. The van der Waals surface area contributed by atoms with Crippen LogP contribution in [0.1, 0.15) is 13.8 Å². The average molecular weight is 317 g/mol. The number of ether oxygens (including phenoxy) is 2. The van der Waals surface area contributed by atoms with Crippen LogP contribution in [0, 0.1) is 0 Å². The quantitative estimate of drug-likeness (QED) is 0.752. The first-order valence-electron chi connectivity index (χ1n) is 7.28. The summed E-state index contributed by atoms with van der Waals surface area (Å²) in [6.07, 6.45) is 0.573. The van der Waals surface area contributed by atoms with Crippen molar-refractivity contribution in [1.29, 1.82) is 0 Å². The lowest BCUT2D eigenvalue weighted by molar-refractivity contribution is -0.0661. The molecule has 0 fully saturated rings. The molecule has 1 atom stereocenters. The van der Waals surface area contributed by atoms with E-state index in [1.807, 2.05) is 12.1 Å². The molecule has 0 bridgehead atoms. The molecule has 0 radical (unpaired) electrons. The van der Waals surface area contributed by atoms with Gasteiger partial charge in [-0.3, -0.25) is 0 Å². The van der Waals surface area contributed by atoms with E-state index in [9.17, 15) is 10.2 Å². The minimum atomic E-state index is -1.22. The third-order valence-electron chi connectivity index (χ3n) is 3.75. The zero-order valence-electron chi connectivity index (χ0n) is 13.2. The Morgan fingerprint density at radius 3 is 2.74 bits per heavy atom. The van der Waals surface area contributed by atoms with E-state index in [4.69, 9.17) is 13.9 Å². The highest BCUT2D eigenvalue weighted by molar-refractivity contribution is 5.99. The number of rotatable bonds is 5. The molecule has 0 spiro atoms. The lowest BCUT2D eigenvalue weighted by Gasteiger charge is -2.24. The van der Waals surface area contributed by atoms with Crippen molar-refractivity contribution in [3.05, 3.63) is 30.5 Å². The number of benzene rings is 1. The summed E-state index contributed by atoms with van der Waals surface area (Å²) in [6.45, 7) is 3.04. The number of nitrogens with zero attached hydrogens (tertiary/aromatic N) is 1. The van der Waals surface area contributed by atoms with Crippen molar-refractivity contribution in [2.75, 3.05) is 13.7 Å². The number of aromatic nitrogens is 1. The van der Waals surface area contributed by atoms with E-state index in [2.05, 4.69) is 4.98 Å². The maximum atomic E-state index is 9.83. The Balaban J connectivity index is 1.94. The minimum Gasteiger partial charge on any atom is -0.495 e. The van der Waals surface area contributed by atoms with Crippen LogP contribution in [0.2, 0.25) is 0 Å². The van der Waals surface area contributed by atoms with Crippen molar-refractivity contribution < 1.29 is 24.1 Å². The van der Waals surface area contributed by atoms with Crippen molar-refractivity contribution in [2.45, 2.75) is 25.6 Å². The molecule has 0 saturated heterocycles. The van der Waals surface area contributed by atoms with Crippen LogP contribution in [-0.2, 0) is 0 Å². The van der Waals surface area contributed by atoms with E-state index in [-0.39, 0.29) is 6.61 Å². The van der Waals surface area contributed by atoms with Crippen LogP contribution in [0.25, 0.3) is 22.0 Å². The maximum Gasteiger partial charge on any atom is 0.230 e. The summed E-state index contributed by atoms with van der Waals surface area (Å²) in [5, 5.41) is 21.2. The van der Waals surface area contributed by atoms with Crippen molar-refractivity contribution in [2.24, 2.45) is 0 Å². The van der Waals surface area contributed by atoms with Gasteiger partial charge in [-0.2, -0.15) is 0 Å². The van der Waals surface area contributed by atoms with Crippen molar-refractivity contribution >= 4 is 22.0 Å². The van der Waals surface area contributed by atoms with Gasteiger partial charge in [0.05, 0.1) is 29.9 Å². The first kappa shape index (κ1) is 15.6. The molecule has 2 N–H and O–H groups in total. The largest absolute Gasteiger partial charge is 0.495 e. The molecule has 2 heterocycles. The van der Waals surface area contributed by atoms with Gasteiger partial charge in [0, 0.05) is 11.5 Å². The number of methoxy groups -OCH3 is 1. The molecule has 0 aliphatic rings. The molecule has 0 amide bonds. The fourth-order valence-electron chi connectivity index (χ4n) is 2.30. The van der Waals surface area contributed by atoms with Gasteiger partial charge >= 0.3 is 0 Å². The first-order valence-corrected chi connectivity index (χ1v) is 7.28. The molecule has 1 aromatic carbocycles. The maximum absolute atomic E-state index is 9.83. The molecule has 0 aliphatic heterocycles. The number of pyridine rings is 1. The minimum absolute atomic E-state index is 0.0187. The van der Waals surface area contributed by atoms with Crippen LogP contribution in [0.5, 0.6) is 11.5 Å². The number of fused-ring (bicyclic) bond motifs is 2. The number of hydrogen-bond donors (Lipinski definition) is 2. The van der Waals surface area contributed by atoms with Gasteiger partial charge in [0.2, 0.25) is 5.71 Å². The average Bonchev–Trinajstić information content (AvgIpc) is 2.96. The third kappa shape index (κ3) is 2.95. The van der Waals surface area contributed by atoms with Crippen LogP contribution in [-0.4, -0.2) is 40.6 Å². The predicted molar refractivity (Wildman–Crippen MR) is 85.9 cm³/mol. The smallest absolute Gasteiger partial charge is 0.230 e. The van der Waals surface area contributed by atoms with Crippen LogP contribution in [0.4, 0.5) is 0 Å². The molecule has 3 aromatic rings. The van der Waals surface area contributed by atoms with Gasteiger partial charge in [-0.25, -0.2) is 4.98 Å². The lowest BCUT2D eigenvalue weighted by atomic mass is 10.0. The number of aliphatic hydroxyl groups is 2. The predicted octanol–water partition coefficient (Wildman–Crippen LogP) is 2.50. The Morgan fingerprint density at radius 1 is 1.26 bits per heavy atom. The Morgan fingerprint density at radius 2 is 2.04 bits per heavy atom. The standard InChI is InChI=1S/C17H19NO5/c1-17(2,20)14(19)9-23-10-4-5-11-13(8-10)18-16-12(6-7-22-16)15(11)21-3/h4-8,14,19-20H,9H2,1-3H3/t14-/m1/s1. The van der Waals surface area contributed by atoms with E-state index in [0.29, 0.717) is 22.7 Å². The monoisotopic (exact) mass is 317 g/mol. The van der Waals surface area contributed by atoms with Gasteiger partial charge in [-0.1, -0.05) is 0 Å². The molecule has 0 aliphatic carbocycles.